The summed E-state index contributed by atoms with van der Waals surface area (Å²) in [6, 6.07) is 6.89. The summed E-state index contributed by atoms with van der Waals surface area (Å²) in [5, 5.41) is 3.25. The number of Topliss-reactive ketones (excluding diaryl/α,β-unsaturated/α-hetero) is 1. The number of hydrogen-bond donors (Lipinski definition) is 1. The molecule has 2 fully saturated rings. The zero-order valence-corrected chi connectivity index (χ0v) is 12.2. The molecule has 4 rings (SSSR count). The minimum absolute atomic E-state index is 0.411. The van der Waals surface area contributed by atoms with Crippen LogP contribution in [-0.4, -0.2) is 12.8 Å². The normalized spacial score (nSPS) is 35.1. The Morgan fingerprint density at radius 2 is 1.75 bits per heavy atom. The van der Waals surface area contributed by atoms with E-state index in [1.54, 1.807) is 11.1 Å². The highest BCUT2D eigenvalue weighted by Gasteiger charge is 2.47. The van der Waals surface area contributed by atoms with Crippen LogP contribution < -0.4 is 5.32 Å². The minimum Gasteiger partial charge on any atom is -0.388 e. The molecule has 0 bridgehead atoms. The molecule has 106 valence electrons. The number of fused-ring (bicyclic) bond motifs is 5. The summed E-state index contributed by atoms with van der Waals surface area (Å²) in [5.74, 6) is 3.16. The first-order valence-corrected chi connectivity index (χ1v) is 8.11. The van der Waals surface area contributed by atoms with Gasteiger partial charge in [-0.15, -0.1) is 0 Å². The molecule has 0 spiro atoms. The van der Waals surface area contributed by atoms with Gasteiger partial charge in [0.2, 0.25) is 0 Å². The molecule has 3 aliphatic carbocycles. The van der Waals surface area contributed by atoms with Gasteiger partial charge in [-0.2, -0.15) is 0 Å². The van der Waals surface area contributed by atoms with E-state index < -0.39 is 0 Å². The third kappa shape index (κ3) is 1.73. The average molecular weight is 269 g/mol. The molecule has 0 saturated heterocycles. The van der Waals surface area contributed by atoms with Crippen LogP contribution in [-0.2, 0) is 11.2 Å². The van der Waals surface area contributed by atoms with Crippen LogP contribution >= 0.6 is 0 Å². The SMILES string of the molecule is CNc1ccc2c(c1)CCC1C2CCC2C(=O)CCC21. The Morgan fingerprint density at radius 3 is 2.60 bits per heavy atom. The van der Waals surface area contributed by atoms with Gasteiger partial charge in [0.25, 0.3) is 0 Å². The molecule has 0 aromatic heterocycles. The van der Waals surface area contributed by atoms with Gasteiger partial charge in [0.05, 0.1) is 0 Å². The summed E-state index contributed by atoms with van der Waals surface area (Å²) < 4.78 is 0. The second-order valence-corrected chi connectivity index (χ2v) is 6.83. The number of carbonyl (C=O) groups is 1. The van der Waals surface area contributed by atoms with E-state index in [0.717, 1.165) is 31.1 Å². The first-order chi connectivity index (χ1) is 9.78. The molecule has 4 atom stereocenters. The lowest BCUT2D eigenvalue weighted by molar-refractivity contribution is -0.122. The first kappa shape index (κ1) is 12.4. The van der Waals surface area contributed by atoms with E-state index >= 15 is 0 Å². The maximum atomic E-state index is 12.0. The summed E-state index contributed by atoms with van der Waals surface area (Å²) in [4.78, 5) is 12.0. The summed E-state index contributed by atoms with van der Waals surface area (Å²) in [7, 11) is 1.99. The Morgan fingerprint density at radius 1 is 1.00 bits per heavy atom. The van der Waals surface area contributed by atoms with Gasteiger partial charge in [-0.25, -0.2) is 0 Å². The van der Waals surface area contributed by atoms with Gasteiger partial charge < -0.3 is 5.32 Å². The molecule has 2 heteroatoms. The van der Waals surface area contributed by atoms with Crippen molar-refractivity contribution in [2.24, 2.45) is 17.8 Å². The summed E-state index contributed by atoms with van der Waals surface area (Å²) in [5.41, 5.74) is 4.35. The van der Waals surface area contributed by atoms with E-state index in [4.69, 9.17) is 0 Å². The lowest BCUT2D eigenvalue weighted by Crippen LogP contribution is -2.35. The van der Waals surface area contributed by atoms with Gasteiger partial charge in [0.1, 0.15) is 5.78 Å². The van der Waals surface area contributed by atoms with Crippen LogP contribution in [0.15, 0.2) is 18.2 Å². The summed E-state index contributed by atoms with van der Waals surface area (Å²) >= 11 is 0. The van der Waals surface area contributed by atoms with Crippen LogP contribution in [0.5, 0.6) is 0 Å². The van der Waals surface area contributed by atoms with Crippen LogP contribution in [0.2, 0.25) is 0 Å². The van der Waals surface area contributed by atoms with E-state index in [9.17, 15) is 4.79 Å². The molecule has 1 N–H and O–H groups in total. The van der Waals surface area contributed by atoms with Crippen molar-refractivity contribution in [3.05, 3.63) is 29.3 Å². The monoisotopic (exact) mass is 269 g/mol. The quantitative estimate of drug-likeness (QED) is 0.841. The van der Waals surface area contributed by atoms with E-state index in [1.807, 2.05) is 7.05 Å². The number of rotatable bonds is 1. The Hall–Kier alpha value is -1.31. The zero-order chi connectivity index (χ0) is 13.7. The highest BCUT2D eigenvalue weighted by atomic mass is 16.1. The van der Waals surface area contributed by atoms with E-state index in [0.29, 0.717) is 17.6 Å². The minimum atomic E-state index is 0.411. The highest BCUT2D eigenvalue weighted by molar-refractivity contribution is 5.83. The van der Waals surface area contributed by atoms with Gasteiger partial charge in [0, 0.05) is 25.1 Å². The van der Waals surface area contributed by atoms with Crippen molar-refractivity contribution in [2.45, 2.75) is 44.4 Å². The Balaban J connectivity index is 1.67. The van der Waals surface area contributed by atoms with Crippen LogP contribution in [0.4, 0.5) is 5.69 Å². The summed E-state index contributed by atoms with van der Waals surface area (Å²) in [6.07, 6.45) is 6.86. The smallest absolute Gasteiger partial charge is 0.136 e. The largest absolute Gasteiger partial charge is 0.388 e. The molecular weight excluding hydrogens is 246 g/mol. The number of nitrogens with one attached hydrogen (secondary N) is 1. The van der Waals surface area contributed by atoms with Crippen molar-refractivity contribution in [1.29, 1.82) is 0 Å². The van der Waals surface area contributed by atoms with E-state index in [-0.39, 0.29) is 0 Å². The molecule has 4 unspecified atom stereocenters. The number of hydrogen-bond acceptors (Lipinski definition) is 2. The molecule has 2 nitrogen and oxygen atoms in total. The van der Waals surface area contributed by atoms with Crippen LogP contribution in [0.1, 0.15) is 49.1 Å². The molecule has 0 amide bonds. The molecule has 0 heterocycles. The molecular formula is C18H23NO. The predicted octanol–water partition coefficient (Wildman–Crippen LogP) is 3.76. The van der Waals surface area contributed by atoms with Gasteiger partial charge in [-0.05, 0) is 73.1 Å². The molecule has 3 aliphatic rings. The fourth-order valence-electron chi connectivity index (χ4n) is 5.16. The van der Waals surface area contributed by atoms with E-state index in [2.05, 4.69) is 23.5 Å². The Bertz CT molecular complexity index is 550. The van der Waals surface area contributed by atoms with Crippen LogP contribution in [0, 0.1) is 17.8 Å². The van der Waals surface area contributed by atoms with Gasteiger partial charge in [-0.1, -0.05) is 6.07 Å². The van der Waals surface area contributed by atoms with Gasteiger partial charge in [-0.3, -0.25) is 4.79 Å². The fourth-order valence-corrected chi connectivity index (χ4v) is 5.16. The number of anilines is 1. The van der Waals surface area contributed by atoms with Crippen molar-refractivity contribution in [2.75, 3.05) is 12.4 Å². The maximum absolute atomic E-state index is 12.0. The van der Waals surface area contributed by atoms with Crippen molar-refractivity contribution in [3.8, 4) is 0 Å². The topological polar surface area (TPSA) is 29.1 Å². The van der Waals surface area contributed by atoms with Crippen molar-refractivity contribution in [3.63, 3.8) is 0 Å². The molecule has 1 aromatic carbocycles. The van der Waals surface area contributed by atoms with Gasteiger partial charge >= 0.3 is 0 Å². The van der Waals surface area contributed by atoms with Gasteiger partial charge in [0.15, 0.2) is 0 Å². The number of aryl methyl sites for hydroxylation is 1. The highest BCUT2D eigenvalue weighted by Crippen LogP contribution is 2.54. The van der Waals surface area contributed by atoms with Crippen LogP contribution in [0.25, 0.3) is 0 Å². The average Bonchev–Trinajstić information content (AvgIpc) is 2.88. The van der Waals surface area contributed by atoms with E-state index in [1.165, 1.54) is 24.9 Å². The van der Waals surface area contributed by atoms with Crippen molar-refractivity contribution < 1.29 is 4.79 Å². The summed E-state index contributed by atoms with van der Waals surface area (Å²) in [6.45, 7) is 0. The van der Waals surface area contributed by atoms with Crippen molar-refractivity contribution >= 4 is 11.5 Å². The Kier molecular flexibility index (Phi) is 2.87. The fraction of sp³-hybridized carbons (Fsp3) is 0.611. The number of benzene rings is 1. The Labute approximate surface area is 121 Å². The lowest BCUT2D eigenvalue weighted by Gasteiger charge is -2.43. The first-order valence-electron chi connectivity index (χ1n) is 8.11. The molecule has 2 saturated carbocycles. The lowest BCUT2D eigenvalue weighted by atomic mass is 9.61. The molecule has 20 heavy (non-hydrogen) atoms. The predicted molar refractivity (Wildman–Crippen MR) is 81.0 cm³/mol. The zero-order valence-electron chi connectivity index (χ0n) is 12.2. The molecule has 0 aliphatic heterocycles. The van der Waals surface area contributed by atoms with Crippen LogP contribution in [0.3, 0.4) is 0 Å². The number of carbonyl (C=O) groups excluding carboxylic acids is 1. The second-order valence-electron chi connectivity index (χ2n) is 6.83. The molecule has 1 aromatic rings. The third-order valence-corrected chi connectivity index (χ3v) is 6.09. The maximum Gasteiger partial charge on any atom is 0.136 e. The molecule has 0 radical (unpaired) electrons. The third-order valence-electron chi connectivity index (χ3n) is 6.09. The second kappa shape index (κ2) is 4.61. The number of ketones is 1. The van der Waals surface area contributed by atoms with Crippen molar-refractivity contribution in [1.82, 2.24) is 0 Å². The standard InChI is InChI=1S/C18H23NO/c1-19-12-3-5-13-11(10-12)2-4-15-14(13)6-7-17-16(15)8-9-18(17)20/h3,5,10,14-17,19H,2,4,6-9H2,1H3.